The molecule has 2 rings (SSSR count). The largest absolute Gasteiger partial charge is 0.352 e. The maximum Gasteiger partial charge on any atom is 0.325 e. The third-order valence-electron chi connectivity index (χ3n) is 5.12. The number of nitrogens with zero attached hydrogens (tertiary/aromatic N) is 1. The van der Waals surface area contributed by atoms with Crippen LogP contribution in [0.3, 0.4) is 0 Å². The fourth-order valence-electron chi connectivity index (χ4n) is 3.98. The minimum absolute atomic E-state index is 0.170. The van der Waals surface area contributed by atoms with Gasteiger partial charge in [-0.25, -0.2) is 4.79 Å². The van der Waals surface area contributed by atoms with E-state index in [4.69, 9.17) is 0 Å². The van der Waals surface area contributed by atoms with Gasteiger partial charge in [-0.15, -0.1) is 0 Å². The number of hydrogen-bond donors (Lipinski definition) is 2. The summed E-state index contributed by atoms with van der Waals surface area (Å²) in [7, 11) is 0. The van der Waals surface area contributed by atoms with E-state index in [0.29, 0.717) is 12.8 Å². The molecule has 6 nitrogen and oxygen atoms in total. The highest BCUT2D eigenvalue weighted by atomic mass is 16.2. The number of carbonyl (C=O) groups is 3. The fraction of sp³-hybridized carbons (Fsp3) is 0.833. The van der Waals surface area contributed by atoms with Crippen LogP contribution in [-0.2, 0) is 9.59 Å². The molecule has 24 heavy (non-hydrogen) atoms. The molecule has 1 aliphatic carbocycles. The molecule has 0 bridgehead atoms. The number of rotatable bonds is 7. The smallest absolute Gasteiger partial charge is 0.325 e. The van der Waals surface area contributed by atoms with Gasteiger partial charge in [-0.2, -0.15) is 0 Å². The van der Waals surface area contributed by atoms with Gasteiger partial charge in [0.25, 0.3) is 5.91 Å². The molecule has 0 aromatic heterocycles. The molecule has 0 aromatic carbocycles. The van der Waals surface area contributed by atoms with Crippen molar-refractivity contribution in [2.45, 2.75) is 89.6 Å². The average molecular weight is 337 g/mol. The summed E-state index contributed by atoms with van der Waals surface area (Å²) in [4.78, 5) is 38.4. The Hall–Kier alpha value is -1.59. The predicted octanol–water partition coefficient (Wildman–Crippen LogP) is 2.72. The lowest BCUT2D eigenvalue weighted by Crippen LogP contribution is -2.48. The van der Waals surface area contributed by atoms with Gasteiger partial charge in [0.2, 0.25) is 5.91 Å². The lowest BCUT2D eigenvalue weighted by atomic mass is 9.88. The number of amides is 4. The molecule has 2 aliphatic rings. The molecule has 0 radical (unpaired) electrons. The lowest BCUT2D eigenvalue weighted by Gasteiger charge is -2.25. The van der Waals surface area contributed by atoms with E-state index in [9.17, 15) is 14.4 Å². The van der Waals surface area contributed by atoms with E-state index in [1.807, 2.05) is 13.8 Å². The van der Waals surface area contributed by atoms with E-state index < -0.39 is 11.6 Å². The van der Waals surface area contributed by atoms with Gasteiger partial charge in [-0.1, -0.05) is 52.4 Å². The van der Waals surface area contributed by atoms with Gasteiger partial charge in [0.15, 0.2) is 0 Å². The first-order chi connectivity index (χ1) is 11.5. The zero-order valence-corrected chi connectivity index (χ0v) is 15.0. The van der Waals surface area contributed by atoms with Crippen molar-refractivity contribution in [3.05, 3.63) is 0 Å². The summed E-state index contributed by atoms with van der Waals surface area (Å²) in [6, 6.07) is -0.255. The Morgan fingerprint density at radius 3 is 2.25 bits per heavy atom. The second-order valence-corrected chi connectivity index (χ2v) is 7.16. The molecular weight excluding hydrogens is 306 g/mol. The summed E-state index contributed by atoms with van der Waals surface area (Å²) < 4.78 is 0. The number of carbonyl (C=O) groups excluding carboxylic acids is 3. The molecule has 136 valence electrons. The van der Waals surface area contributed by atoms with Crippen molar-refractivity contribution >= 4 is 17.8 Å². The molecule has 1 saturated heterocycles. The molecule has 0 atom stereocenters. The third-order valence-corrected chi connectivity index (χ3v) is 5.12. The van der Waals surface area contributed by atoms with Crippen molar-refractivity contribution in [3.63, 3.8) is 0 Å². The molecule has 2 N–H and O–H groups in total. The zero-order chi connectivity index (χ0) is 17.6. The van der Waals surface area contributed by atoms with Gasteiger partial charge in [-0.3, -0.25) is 14.5 Å². The monoisotopic (exact) mass is 337 g/mol. The van der Waals surface area contributed by atoms with Crippen LogP contribution in [0.4, 0.5) is 4.79 Å². The van der Waals surface area contributed by atoms with Gasteiger partial charge >= 0.3 is 6.03 Å². The van der Waals surface area contributed by atoms with Crippen LogP contribution in [0, 0.1) is 0 Å². The van der Waals surface area contributed by atoms with Gasteiger partial charge in [-0.05, 0) is 25.7 Å². The molecule has 0 unspecified atom stereocenters. The van der Waals surface area contributed by atoms with Crippen LogP contribution < -0.4 is 10.6 Å². The van der Waals surface area contributed by atoms with E-state index in [1.165, 1.54) is 12.8 Å². The highest BCUT2D eigenvalue weighted by Crippen LogP contribution is 2.28. The summed E-state index contributed by atoms with van der Waals surface area (Å²) in [5.74, 6) is -0.471. The van der Waals surface area contributed by atoms with Gasteiger partial charge in [0.1, 0.15) is 12.1 Å². The Labute approximate surface area is 144 Å². The summed E-state index contributed by atoms with van der Waals surface area (Å²) in [6.07, 6.45) is 9.53. The lowest BCUT2D eigenvalue weighted by molar-refractivity contribution is -0.135. The molecule has 2 fully saturated rings. The maximum atomic E-state index is 12.8. The van der Waals surface area contributed by atoms with Crippen molar-refractivity contribution in [3.8, 4) is 0 Å². The van der Waals surface area contributed by atoms with E-state index in [1.54, 1.807) is 0 Å². The highest BCUT2D eigenvalue weighted by Gasteiger charge is 2.50. The SMILES string of the molecule is CCCC1(CCC)NC(=O)N(CC(=O)NC2CCCCCC2)C1=O. The Bertz CT molecular complexity index is 464. The second-order valence-electron chi connectivity index (χ2n) is 7.16. The Balaban J connectivity index is 1.96. The topological polar surface area (TPSA) is 78.5 Å². The standard InChI is InChI=1S/C18H31N3O3/c1-3-11-18(12-4-2)16(23)21(17(24)20-18)13-15(22)19-14-9-7-5-6-8-10-14/h14H,3-13H2,1-2H3,(H,19,22)(H,20,24). The molecule has 1 aliphatic heterocycles. The first kappa shape index (κ1) is 18.7. The van der Waals surface area contributed by atoms with E-state index in [0.717, 1.165) is 43.4 Å². The Morgan fingerprint density at radius 2 is 1.71 bits per heavy atom. The maximum absolute atomic E-state index is 12.8. The zero-order valence-electron chi connectivity index (χ0n) is 15.0. The summed E-state index contributed by atoms with van der Waals surface area (Å²) in [5.41, 5.74) is -0.816. The summed E-state index contributed by atoms with van der Waals surface area (Å²) in [6.45, 7) is 3.83. The van der Waals surface area contributed by atoms with E-state index in [-0.39, 0.29) is 24.4 Å². The molecular formula is C18H31N3O3. The van der Waals surface area contributed by atoms with Crippen molar-refractivity contribution in [1.82, 2.24) is 15.5 Å². The Morgan fingerprint density at radius 1 is 1.12 bits per heavy atom. The van der Waals surface area contributed by atoms with Crippen molar-refractivity contribution in [2.75, 3.05) is 6.54 Å². The quantitative estimate of drug-likeness (QED) is 0.554. The molecule has 0 spiro atoms. The van der Waals surface area contributed by atoms with Crippen LogP contribution in [-0.4, -0.2) is 40.9 Å². The van der Waals surface area contributed by atoms with Gasteiger partial charge in [0, 0.05) is 6.04 Å². The van der Waals surface area contributed by atoms with E-state index >= 15 is 0 Å². The molecule has 4 amide bonds. The van der Waals surface area contributed by atoms with Crippen molar-refractivity contribution in [2.24, 2.45) is 0 Å². The summed E-state index contributed by atoms with van der Waals surface area (Å²) >= 11 is 0. The molecule has 1 saturated carbocycles. The van der Waals surface area contributed by atoms with Crippen LogP contribution in [0.2, 0.25) is 0 Å². The highest BCUT2D eigenvalue weighted by molar-refractivity contribution is 6.09. The Kier molecular flexibility index (Phi) is 6.63. The first-order valence-electron chi connectivity index (χ1n) is 9.46. The van der Waals surface area contributed by atoms with Gasteiger partial charge < -0.3 is 10.6 Å². The van der Waals surface area contributed by atoms with Crippen LogP contribution in [0.15, 0.2) is 0 Å². The summed E-state index contributed by atoms with van der Waals surface area (Å²) in [5, 5.41) is 5.85. The van der Waals surface area contributed by atoms with Crippen LogP contribution >= 0.6 is 0 Å². The van der Waals surface area contributed by atoms with Crippen molar-refractivity contribution < 1.29 is 14.4 Å². The van der Waals surface area contributed by atoms with E-state index in [2.05, 4.69) is 10.6 Å². The average Bonchev–Trinajstić information content (AvgIpc) is 2.73. The number of nitrogens with one attached hydrogen (secondary N) is 2. The van der Waals surface area contributed by atoms with Crippen LogP contribution in [0.1, 0.15) is 78.1 Å². The second kappa shape index (κ2) is 8.49. The predicted molar refractivity (Wildman–Crippen MR) is 92.4 cm³/mol. The minimum atomic E-state index is -0.816. The fourth-order valence-corrected chi connectivity index (χ4v) is 3.98. The molecule has 6 heteroatoms. The van der Waals surface area contributed by atoms with Crippen LogP contribution in [0.5, 0.6) is 0 Å². The number of imide groups is 1. The third kappa shape index (κ3) is 4.28. The molecule has 0 aromatic rings. The minimum Gasteiger partial charge on any atom is -0.352 e. The molecule has 1 heterocycles. The van der Waals surface area contributed by atoms with Crippen LogP contribution in [0.25, 0.3) is 0 Å². The van der Waals surface area contributed by atoms with Gasteiger partial charge in [0.05, 0.1) is 0 Å². The normalized spacial score (nSPS) is 21.5. The van der Waals surface area contributed by atoms with Crippen molar-refractivity contribution in [1.29, 1.82) is 0 Å². The first-order valence-corrected chi connectivity index (χ1v) is 9.46. The number of urea groups is 1. The number of hydrogen-bond acceptors (Lipinski definition) is 3.